The van der Waals surface area contributed by atoms with Crippen LogP contribution in [0.3, 0.4) is 0 Å². The molecule has 3 aromatic rings. The number of rotatable bonds is 9. The first-order valence-corrected chi connectivity index (χ1v) is 10.1. The monoisotopic (exact) mass is 415 g/mol. The average Bonchev–Trinajstić information content (AvgIpc) is 2.79. The smallest absolute Gasteiger partial charge is 0.271 e. The summed E-state index contributed by atoms with van der Waals surface area (Å²) in [5.41, 5.74) is 5.44. The fraction of sp³-hybridized carbons (Fsp3) is 0.160. The number of anilines is 1. The van der Waals surface area contributed by atoms with E-state index in [1.807, 2.05) is 61.5 Å². The maximum Gasteiger partial charge on any atom is 0.271 e. The molecule has 0 fully saturated rings. The van der Waals surface area contributed by atoms with Crippen LogP contribution >= 0.6 is 0 Å². The third-order valence-corrected chi connectivity index (χ3v) is 4.43. The molecule has 158 valence electrons. The van der Waals surface area contributed by atoms with Gasteiger partial charge in [0.2, 0.25) is 5.91 Å². The average molecular weight is 415 g/mol. The predicted octanol–water partition coefficient (Wildman–Crippen LogP) is 4.77. The molecule has 0 bridgehead atoms. The highest BCUT2D eigenvalue weighted by atomic mass is 16.5. The van der Waals surface area contributed by atoms with Crippen LogP contribution in [0.2, 0.25) is 0 Å². The topological polar surface area (TPSA) is 79.8 Å². The molecule has 0 aliphatic rings. The molecule has 31 heavy (non-hydrogen) atoms. The van der Waals surface area contributed by atoms with Crippen LogP contribution in [0.15, 0.2) is 84.0 Å². The molecule has 0 unspecified atom stereocenters. The quantitative estimate of drug-likeness (QED) is 0.390. The molecule has 0 aliphatic carbocycles. The first kappa shape index (κ1) is 21.8. The van der Waals surface area contributed by atoms with Crippen molar-refractivity contribution in [3.8, 4) is 5.75 Å². The molecule has 3 aromatic carbocycles. The zero-order valence-electron chi connectivity index (χ0n) is 17.4. The molecule has 2 amide bonds. The molecular weight excluding hydrogens is 390 g/mol. The molecule has 3 rings (SSSR count). The van der Waals surface area contributed by atoms with Crippen LogP contribution in [0.1, 0.15) is 41.3 Å². The number of hydrazone groups is 1. The van der Waals surface area contributed by atoms with Gasteiger partial charge in [0.05, 0.1) is 6.21 Å². The maximum absolute atomic E-state index is 12.3. The van der Waals surface area contributed by atoms with Crippen molar-refractivity contribution in [3.05, 3.63) is 95.6 Å². The molecule has 0 spiro atoms. The summed E-state index contributed by atoms with van der Waals surface area (Å²) in [5.74, 6) is 0.291. The highest BCUT2D eigenvalue weighted by Crippen LogP contribution is 2.17. The zero-order valence-corrected chi connectivity index (χ0v) is 17.4. The Hall–Kier alpha value is -3.93. The molecule has 0 radical (unpaired) electrons. The number of amides is 2. The molecule has 0 saturated heterocycles. The van der Waals surface area contributed by atoms with Crippen molar-refractivity contribution in [2.24, 2.45) is 5.10 Å². The summed E-state index contributed by atoms with van der Waals surface area (Å²) >= 11 is 0. The third-order valence-electron chi connectivity index (χ3n) is 4.43. The lowest BCUT2D eigenvalue weighted by Crippen LogP contribution is -2.18. The summed E-state index contributed by atoms with van der Waals surface area (Å²) in [6, 6.07) is 24.0. The number of carbonyl (C=O) groups is 2. The minimum absolute atomic E-state index is 0.0440. The summed E-state index contributed by atoms with van der Waals surface area (Å²) in [6.07, 6.45) is 2.80. The van der Waals surface area contributed by atoms with Gasteiger partial charge in [-0.15, -0.1) is 0 Å². The van der Waals surface area contributed by atoms with Gasteiger partial charge in [-0.2, -0.15) is 5.10 Å². The lowest BCUT2D eigenvalue weighted by Gasteiger charge is -2.09. The second-order valence-electron chi connectivity index (χ2n) is 6.89. The molecule has 0 saturated carbocycles. The maximum atomic E-state index is 12.3. The van der Waals surface area contributed by atoms with Crippen LogP contribution in [0.4, 0.5) is 5.69 Å². The summed E-state index contributed by atoms with van der Waals surface area (Å²) in [5, 5.41) is 6.84. The van der Waals surface area contributed by atoms with E-state index in [9.17, 15) is 9.59 Å². The van der Waals surface area contributed by atoms with Crippen LogP contribution < -0.4 is 15.5 Å². The van der Waals surface area contributed by atoms with Crippen LogP contribution in [-0.4, -0.2) is 18.0 Å². The van der Waals surface area contributed by atoms with Gasteiger partial charge in [-0.05, 0) is 48.4 Å². The number of carbonyl (C=O) groups excluding carboxylic acids is 2. The Morgan fingerprint density at radius 1 is 0.935 bits per heavy atom. The van der Waals surface area contributed by atoms with E-state index in [4.69, 9.17) is 4.74 Å². The highest BCUT2D eigenvalue weighted by molar-refractivity contribution is 5.96. The van der Waals surface area contributed by atoms with Crippen LogP contribution in [0.25, 0.3) is 0 Å². The van der Waals surface area contributed by atoms with Crippen LogP contribution in [0, 0.1) is 0 Å². The fourth-order valence-corrected chi connectivity index (χ4v) is 2.83. The molecule has 6 nitrogen and oxygen atoms in total. The Labute approximate surface area is 182 Å². The van der Waals surface area contributed by atoms with Gasteiger partial charge >= 0.3 is 0 Å². The van der Waals surface area contributed by atoms with Crippen molar-refractivity contribution in [1.82, 2.24) is 5.43 Å². The van der Waals surface area contributed by atoms with E-state index in [1.165, 1.54) is 0 Å². The van der Waals surface area contributed by atoms with Gasteiger partial charge in [0, 0.05) is 23.2 Å². The number of nitrogens with one attached hydrogen (secondary N) is 2. The van der Waals surface area contributed by atoms with E-state index in [0.717, 1.165) is 17.5 Å². The van der Waals surface area contributed by atoms with Crippen LogP contribution in [0.5, 0.6) is 5.75 Å². The number of para-hydroxylation sites is 1. The van der Waals surface area contributed by atoms with Crippen molar-refractivity contribution in [2.45, 2.75) is 26.4 Å². The second-order valence-corrected chi connectivity index (χ2v) is 6.89. The minimum atomic E-state index is -0.342. The Kier molecular flexibility index (Phi) is 7.94. The molecule has 0 heterocycles. The van der Waals surface area contributed by atoms with Gasteiger partial charge in [-0.1, -0.05) is 49.4 Å². The van der Waals surface area contributed by atoms with Crippen molar-refractivity contribution in [2.75, 3.05) is 5.32 Å². The molecule has 0 aliphatic heterocycles. The number of nitrogens with zero attached hydrogens (tertiary/aromatic N) is 1. The Bertz CT molecular complexity index is 1030. The lowest BCUT2D eigenvalue weighted by atomic mass is 10.2. The van der Waals surface area contributed by atoms with Crippen molar-refractivity contribution < 1.29 is 14.3 Å². The normalized spacial score (nSPS) is 10.6. The van der Waals surface area contributed by atoms with Crippen molar-refractivity contribution in [3.63, 3.8) is 0 Å². The zero-order chi connectivity index (χ0) is 21.9. The van der Waals surface area contributed by atoms with Gasteiger partial charge in [0.15, 0.2) is 0 Å². The van der Waals surface area contributed by atoms with Crippen molar-refractivity contribution in [1.29, 1.82) is 0 Å². The number of hydrogen-bond acceptors (Lipinski definition) is 4. The van der Waals surface area contributed by atoms with E-state index in [0.29, 0.717) is 30.0 Å². The Balaban J connectivity index is 1.56. The third kappa shape index (κ3) is 6.82. The number of ether oxygens (including phenoxy) is 1. The fourth-order valence-electron chi connectivity index (χ4n) is 2.83. The van der Waals surface area contributed by atoms with E-state index in [1.54, 1.807) is 30.5 Å². The second kappa shape index (κ2) is 11.3. The highest BCUT2D eigenvalue weighted by Gasteiger charge is 2.06. The molecular formula is C25H25N3O3. The summed E-state index contributed by atoms with van der Waals surface area (Å²) in [7, 11) is 0. The lowest BCUT2D eigenvalue weighted by molar-refractivity contribution is -0.116. The summed E-state index contributed by atoms with van der Waals surface area (Å²) < 4.78 is 5.89. The first-order valence-electron chi connectivity index (χ1n) is 10.1. The minimum Gasteiger partial charge on any atom is -0.488 e. The molecule has 6 heteroatoms. The molecule has 2 N–H and O–H groups in total. The van der Waals surface area contributed by atoms with Gasteiger partial charge in [-0.25, -0.2) is 5.43 Å². The number of benzene rings is 3. The summed E-state index contributed by atoms with van der Waals surface area (Å²) in [4.78, 5) is 24.0. The summed E-state index contributed by atoms with van der Waals surface area (Å²) in [6.45, 7) is 2.39. The molecule has 0 atom stereocenters. The Morgan fingerprint density at radius 3 is 2.39 bits per heavy atom. The van der Waals surface area contributed by atoms with E-state index in [-0.39, 0.29) is 11.8 Å². The van der Waals surface area contributed by atoms with E-state index < -0.39 is 0 Å². The first-order chi connectivity index (χ1) is 15.2. The predicted molar refractivity (Wildman–Crippen MR) is 122 cm³/mol. The SMILES string of the molecule is CCCC(=O)Nc1ccc(C(=O)N/N=C/c2ccccc2OCc2ccccc2)cc1. The number of hydrogen-bond donors (Lipinski definition) is 2. The standard InChI is InChI=1S/C25H25N3O3/c1-2-8-24(29)27-22-15-13-20(14-16-22)25(30)28-26-17-21-11-6-7-12-23(21)31-18-19-9-4-3-5-10-19/h3-7,9-17H,2,8,18H2,1H3,(H,27,29)(H,28,30)/b26-17+. The molecule has 0 aromatic heterocycles. The Morgan fingerprint density at radius 2 is 1.65 bits per heavy atom. The van der Waals surface area contributed by atoms with Crippen molar-refractivity contribution >= 4 is 23.7 Å². The van der Waals surface area contributed by atoms with Gasteiger partial charge in [-0.3, -0.25) is 9.59 Å². The van der Waals surface area contributed by atoms with Crippen LogP contribution in [-0.2, 0) is 11.4 Å². The largest absolute Gasteiger partial charge is 0.488 e. The van der Waals surface area contributed by atoms with Gasteiger partial charge in [0.25, 0.3) is 5.91 Å². The van der Waals surface area contributed by atoms with Gasteiger partial charge in [0.1, 0.15) is 12.4 Å². The van der Waals surface area contributed by atoms with E-state index in [2.05, 4.69) is 15.8 Å². The van der Waals surface area contributed by atoms with E-state index >= 15 is 0 Å². The van der Waals surface area contributed by atoms with Gasteiger partial charge < -0.3 is 10.1 Å².